The molecule has 0 aliphatic heterocycles. The normalized spacial score (nSPS) is 14.5. The number of amides is 2. The van der Waals surface area contributed by atoms with E-state index < -0.39 is 28.5 Å². The topological polar surface area (TPSA) is 105 Å². The van der Waals surface area contributed by atoms with E-state index in [4.69, 9.17) is 9.47 Å². The van der Waals surface area contributed by atoms with Crippen molar-refractivity contribution in [2.45, 2.75) is 62.6 Å². The van der Waals surface area contributed by atoms with Gasteiger partial charge in [0, 0.05) is 12.6 Å². The molecule has 1 fully saturated rings. The molecule has 3 aromatic rings. The molecule has 2 amide bonds. The Bertz CT molecular complexity index is 1440. The van der Waals surface area contributed by atoms with E-state index >= 15 is 0 Å². The van der Waals surface area contributed by atoms with E-state index in [2.05, 4.69) is 5.32 Å². The van der Waals surface area contributed by atoms with Crippen molar-refractivity contribution in [3.8, 4) is 11.5 Å². The smallest absolute Gasteiger partial charge is 0.264 e. The molecular formula is C32H39N3O6S. The fraction of sp³-hybridized carbons (Fsp3) is 0.375. The highest BCUT2D eigenvalue weighted by Crippen LogP contribution is 2.26. The Kier molecular flexibility index (Phi) is 10.5. The van der Waals surface area contributed by atoms with E-state index in [1.54, 1.807) is 68.6 Å². The second-order valence-electron chi connectivity index (χ2n) is 10.4. The Morgan fingerprint density at radius 2 is 1.55 bits per heavy atom. The summed E-state index contributed by atoms with van der Waals surface area (Å²) >= 11 is 0. The molecule has 1 aliphatic carbocycles. The van der Waals surface area contributed by atoms with Gasteiger partial charge in [-0.25, -0.2) is 8.42 Å². The van der Waals surface area contributed by atoms with Crippen molar-refractivity contribution >= 4 is 27.5 Å². The summed E-state index contributed by atoms with van der Waals surface area (Å²) in [5, 5.41) is 3.11. The molecule has 224 valence electrons. The number of nitrogens with one attached hydrogen (secondary N) is 1. The number of carbonyl (C=O) groups is 2. The van der Waals surface area contributed by atoms with Crippen LogP contribution in [0.3, 0.4) is 0 Å². The van der Waals surface area contributed by atoms with Gasteiger partial charge in [-0.1, -0.05) is 49.6 Å². The quantitative estimate of drug-likeness (QED) is 0.325. The minimum Gasteiger partial charge on any atom is -0.497 e. The number of anilines is 1. The number of sulfonamides is 1. The third-order valence-electron chi connectivity index (χ3n) is 7.58. The molecule has 10 heteroatoms. The maximum absolute atomic E-state index is 14.1. The van der Waals surface area contributed by atoms with Crippen molar-refractivity contribution in [1.82, 2.24) is 10.2 Å². The lowest BCUT2D eigenvalue weighted by atomic mass is 9.95. The van der Waals surface area contributed by atoms with Gasteiger partial charge in [-0.15, -0.1) is 0 Å². The first-order chi connectivity index (χ1) is 20.2. The Morgan fingerprint density at radius 1 is 0.881 bits per heavy atom. The summed E-state index contributed by atoms with van der Waals surface area (Å²) in [5.41, 5.74) is 1.09. The minimum atomic E-state index is -4.15. The number of ether oxygens (including phenoxy) is 2. The zero-order chi connectivity index (χ0) is 30.1. The second kappa shape index (κ2) is 14.2. The molecule has 42 heavy (non-hydrogen) atoms. The summed E-state index contributed by atoms with van der Waals surface area (Å²) in [7, 11) is -1.09. The number of nitrogens with zero attached hydrogens (tertiary/aromatic N) is 2. The lowest BCUT2D eigenvalue weighted by molar-refractivity contribution is -0.139. The molecule has 0 aromatic heterocycles. The van der Waals surface area contributed by atoms with E-state index in [0.717, 1.165) is 42.0 Å². The highest BCUT2D eigenvalue weighted by atomic mass is 32.2. The van der Waals surface area contributed by atoms with Crippen LogP contribution in [0.5, 0.6) is 11.5 Å². The van der Waals surface area contributed by atoms with Crippen LogP contribution in [0.2, 0.25) is 0 Å². The van der Waals surface area contributed by atoms with Crippen molar-refractivity contribution in [2.75, 3.05) is 25.1 Å². The minimum absolute atomic E-state index is 0.0161. The van der Waals surface area contributed by atoms with Crippen molar-refractivity contribution in [2.24, 2.45) is 0 Å². The van der Waals surface area contributed by atoms with E-state index in [-0.39, 0.29) is 23.4 Å². The van der Waals surface area contributed by atoms with Crippen LogP contribution in [0, 0.1) is 0 Å². The summed E-state index contributed by atoms with van der Waals surface area (Å²) in [6.07, 6.45) is 5.08. The molecule has 3 aromatic carbocycles. The number of rotatable bonds is 12. The van der Waals surface area contributed by atoms with E-state index in [9.17, 15) is 18.0 Å². The largest absolute Gasteiger partial charge is 0.497 e. The van der Waals surface area contributed by atoms with Gasteiger partial charge in [-0.05, 0) is 73.9 Å². The van der Waals surface area contributed by atoms with E-state index in [0.29, 0.717) is 17.2 Å². The first-order valence-electron chi connectivity index (χ1n) is 14.2. The number of para-hydroxylation sites is 1. The van der Waals surface area contributed by atoms with Gasteiger partial charge in [0.25, 0.3) is 10.0 Å². The highest BCUT2D eigenvalue weighted by molar-refractivity contribution is 7.92. The van der Waals surface area contributed by atoms with E-state index in [1.807, 2.05) is 12.1 Å². The fourth-order valence-electron chi connectivity index (χ4n) is 5.12. The van der Waals surface area contributed by atoms with Crippen molar-refractivity contribution < 1.29 is 27.5 Å². The zero-order valence-corrected chi connectivity index (χ0v) is 25.2. The van der Waals surface area contributed by atoms with Gasteiger partial charge >= 0.3 is 0 Å². The average molecular weight is 594 g/mol. The third kappa shape index (κ3) is 7.61. The number of carbonyl (C=O) groups excluding carboxylic acids is 2. The van der Waals surface area contributed by atoms with Crippen LogP contribution in [0.15, 0.2) is 83.8 Å². The Balaban J connectivity index is 1.66. The first-order valence-corrected chi connectivity index (χ1v) is 15.6. The molecule has 4 rings (SSSR count). The standard InChI is InChI=1S/C32H39N3O6S/c1-24(32(37)33-26-12-6-4-7-13-26)34(22-25-11-10-16-29(21-25)41-3)31(36)23-35(27-14-8-5-9-15-27)42(38,39)30-19-17-28(40-2)18-20-30/h5,8-11,14-21,24,26H,4,6-7,12-13,22-23H2,1-3H3,(H,33,37)/t24-/m1/s1. The molecule has 9 nitrogen and oxygen atoms in total. The van der Waals surface area contributed by atoms with Crippen LogP contribution in [0.4, 0.5) is 5.69 Å². The molecule has 1 atom stereocenters. The average Bonchev–Trinajstić information content (AvgIpc) is 3.03. The van der Waals surface area contributed by atoms with Gasteiger partial charge < -0.3 is 19.7 Å². The summed E-state index contributed by atoms with van der Waals surface area (Å²) in [6, 6.07) is 21.0. The SMILES string of the molecule is COc1ccc(S(=O)(=O)N(CC(=O)N(Cc2cccc(OC)c2)[C@H](C)C(=O)NC2CCCCC2)c2ccccc2)cc1. The lowest BCUT2D eigenvalue weighted by Crippen LogP contribution is -2.53. The second-order valence-corrected chi connectivity index (χ2v) is 12.3. The highest BCUT2D eigenvalue weighted by Gasteiger charge is 2.33. The van der Waals surface area contributed by atoms with Crippen molar-refractivity contribution in [3.05, 3.63) is 84.4 Å². The Hall–Kier alpha value is -4.05. The van der Waals surface area contributed by atoms with Crippen molar-refractivity contribution in [3.63, 3.8) is 0 Å². The third-order valence-corrected chi connectivity index (χ3v) is 9.36. The predicted octanol–water partition coefficient (Wildman–Crippen LogP) is 4.77. The molecule has 1 aliphatic rings. The molecule has 0 saturated heterocycles. The summed E-state index contributed by atoms with van der Waals surface area (Å²) < 4.78 is 39.5. The maximum Gasteiger partial charge on any atom is 0.264 e. The number of hydrogen-bond donors (Lipinski definition) is 1. The lowest BCUT2D eigenvalue weighted by Gasteiger charge is -2.33. The molecular weight excluding hydrogens is 554 g/mol. The summed E-state index contributed by atoms with van der Waals surface area (Å²) in [5.74, 6) is 0.359. The Morgan fingerprint density at radius 3 is 2.19 bits per heavy atom. The van der Waals surface area contributed by atoms with Gasteiger partial charge in [-0.2, -0.15) is 0 Å². The molecule has 1 N–H and O–H groups in total. The zero-order valence-electron chi connectivity index (χ0n) is 24.4. The molecule has 0 radical (unpaired) electrons. The van der Waals surface area contributed by atoms with Gasteiger partial charge in [0.15, 0.2) is 0 Å². The summed E-state index contributed by atoms with van der Waals surface area (Å²) in [4.78, 5) is 29.0. The number of hydrogen-bond acceptors (Lipinski definition) is 6. The predicted molar refractivity (Wildman–Crippen MR) is 162 cm³/mol. The van der Waals surface area contributed by atoms with Crippen LogP contribution in [0.25, 0.3) is 0 Å². The van der Waals surface area contributed by atoms with Crippen LogP contribution < -0.4 is 19.1 Å². The molecule has 0 heterocycles. The molecule has 0 unspecified atom stereocenters. The summed E-state index contributed by atoms with van der Waals surface area (Å²) in [6.45, 7) is 1.28. The number of benzene rings is 3. The van der Waals surface area contributed by atoms with Gasteiger partial charge in [0.2, 0.25) is 11.8 Å². The Labute approximate surface area is 248 Å². The van der Waals surface area contributed by atoms with Crippen LogP contribution in [0.1, 0.15) is 44.6 Å². The van der Waals surface area contributed by atoms with Crippen LogP contribution in [-0.2, 0) is 26.2 Å². The molecule has 1 saturated carbocycles. The van der Waals surface area contributed by atoms with Crippen LogP contribution in [-0.4, -0.2) is 58.0 Å². The first kappa shape index (κ1) is 30.9. The van der Waals surface area contributed by atoms with Crippen LogP contribution >= 0.6 is 0 Å². The van der Waals surface area contributed by atoms with Gasteiger partial charge in [-0.3, -0.25) is 13.9 Å². The van der Waals surface area contributed by atoms with Crippen molar-refractivity contribution in [1.29, 1.82) is 0 Å². The fourth-order valence-corrected chi connectivity index (χ4v) is 6.53. The maximum atomic E-state index is 14.1. The molecule has 0 spiro atoms. The molecule has 0 bridgehead atoms. The van der Waals surface area contributed by atoms with Gasteiger partial charge in [0.05, 0.1) is 24.8 Å². The number of methoxy groups -OCH3 is 2. The monoisotopic (exact) mass is 593 g/mol. The van der Waals surface area contributed by atoms with Gasteiger partial charge in [0.1, 0.15) is 24.1 Å². The van der Waals surface area contributed by atoms with E-state index in [1.165, 1.54) is 24.1 Å².